The first-order valence-electron chi connectivity index (χ1n) is 5.18. The lowest BCUT2D eigenvalue weighted by molar-refractivity contribution is 0.447. The molecule has 3 aromatic rings. The summed E-state index contributed by atoms with van der Waals surface area (Å²) in [6.07, 6.45) is 1.71. The van der Waals surface area contributed by atoms with E-state index in [2.05, 4.69) is 4.98 Å². The highest BCUT2D eigenvalue weighted by Gasteiger charge is 2.11. The van der Waals surface area contributed by atoms with Crippen molar-refractivity contribution < 1.29 is 5.11 Å². The zero-order valence-electron chi connectivity index (χ0n) is 8.84. The molecule has 3 rings (SSSR count). The molecule has 2 aromatic heterocycles. The van der Waals surface area contributed by atoms with Crippen LogP contribution in [0.2, 0.25) is 5.02 Å². The van der Waals surface area contributed by atoms with Crippen LogP contribution in [0.5, 0.6) is 5.88 Å². The highest BCUT2D eigenvalue weighted by Crippen LogP contribution is 2.29. The summed E-state index contributed by atoms with van der Waals surface area (Å²) in [5.41, 5.74) is 1.63. The van der Waals surface area contributed by atoms with E-state index in [9.17, 15) is 5.11 Å². The van der Waals surface area contributed by atoms with E-state index in [1.807, 2.05) is 24.3 Å². The van der Waals surface area contributed by atoms with Crippen LogP contribution in [-0.2, 0) is 0 Å². The summed E-state index contributed by atoms with van der Waals surface area (Å²) in [4.78, 5) is 4.31. The lowest BCUT2D eigenvalue weighted by atomic mass is 10.2. The van der Waals surface area contributed by atoms with Gasteiger partial charge in [-0.3, -0.25) is 4.40 Å². The van der Waals surface area contributed by atoms with E-state index in [0.29, 0.717) is 10.8 Å². The Bertz CT molecular complexity index is 691. The average Bonchev–Trinajstić information content (AvgIpc) is 2.75. The number of aromatic nitrogens is 2. The molecule has 0 saturated heterocycles. The molecule has 84 valence electrons. The average molecular weight is 245 g/mol. The molecule has 2 heterocycles. The summed E-state index contributed by atoms with van der Waals surface area (Å²) < 4.78 is 1.67. The number of hydrogen-bond acceptors (Lipinski definition) is 2. The maximum Gasteiger partial charge on any atom is 0.197 e. The second-order valence-electron chi connectivity index (χ2n) is 3.71. The minimum atomic E-state index is 0.148. The van der Waals surface area contributed by atoms with E-state index in [1.165, 1.54) is 0 Å². The van der Waals surface area contributed by atoms with Crippen molar-refractivity contribution in [3.63, 3.8) is 0 Å². The molecule has 0 unspecified atom stereocenters. The van der Waals surface area contributed by atoms with E-state index in [0.717, 1.165) is 11.1 Å². The van der Waals surface area contributed by atoms with Crippen LogP contribution in [0, 0.1) is 0 Å². The van der Waals surface area contributed by atoms with Gasteiger partial charge in [-0.2, -0.15) is 0 Å². The molecule has 0 atom stereocenters. The van der Waals surface area contributed by atoms with E-state index >= 15 is 0 Å². The van der Waals surface area contributed by atoms with E-state index in [-0.39, 0.29) is 5.88 Å². The fourth-order valence-electron chi connectivity index (χ4n) is 1.86. The number of pyridine rings is 1. The number of hydrogen-bond donors (Lipinski definition) is 1. The fourth-order valence-corrected chi connectivity index (χ4v) is 2.08. The van der Waals surface area contributed by atoms with Crippen LogP contribution in [0.1, 0.15) is 0 Å². The minimum Gasteiger partial charge on any atom is -0.494 e. The van der Waals surface area contributed by atoms with Crippen LogP contribution >= 0.6 is 11.6 Å². The Hall–Kier alpha value is -2.00. The molecule has 0 spiro atoms. The summed E-state index contributed by atoms with van der Waals surface area (Å²) in [6.45, 7) is 0. The molecule has 4 heteroatoms. The summed E-state index contributed by atoms with van der Waals surface area (Å²) in [5.74, 6) is 0.790. The van der Waals surface area contributed by atoms with Crippen LogP contribution in [0.4, 0.5) is 0 Å². The van der Waals surface area contributed by atoms with Crippen LogP contribution < -0.4 is 0 Å². The molecule has 0 fully saturated rings. The van der Waals surface area contributed by atoms with Crippen molar-refractivity contribution in [1.29, 1.82) is 0 Å². The molecule has 0 bridgehead atoms. The Morgan fingerprint density at radius 2 is 1.88 bits per heavy atom. The van der Waals surface area contributed by atoms with Gasteiger partial charge in [0.05, 0.1) is 16.7 Å². The van der Waals surface area contributed by atoms with Crippen molar-refractivity contribution in [3.8, 4) is 17.3 Å². The summed E-state index contributed by atoms with van der Waals surface area (Å²) in [7, 11) is 0. The second kappa shape index (κ2) is 3.79. The Morgan fingerprint density at radius 3 is 2.71 bits per heavy atom. The van der Waals surface area contributed by atoms with Gasteiger partial charge in [-0.25, -0.2) is 4.98 Å². The van der Waals surface area contributed by atoms with E-state index in [4.69, 9.17) is 11.6 Å². The molecule has 3 nitrogen and oxygen atoms in total. The summed E-state index contributed by atoms with van der Waals surface area (Å²) >= 11 is 6.13. The zero-order valence-corrected chi connectivity index (χ0v) is 9.59. The van der Waals surface area contributed by atoms with Gasteiger partial charge in [0, 0.05) is 5.56 Å². The summed E-state index contributed by atoms with van der Waals surface area (Å²) in [6, 6.07) is 12.7. The van der Waals surface area contributed by atoms with Crippen LogP contribution in [0.3, 0.4) is 0 Å². The molecule has 0 amide bonds. The van der Waals surface area contributed by atoms with Crippen molar-refractivity contribution in [2.75, 3.05) is 0 Å². The number of imidazole rings is 1. The number of benzene rings is 1. The molecule has 17 heavy (non-hydrogen) atoms. The number of aromatic hydroxyl groups is 1. The molecule has 0 aliphatic heterocycles. The quantitative estimate of drug-likeness (QED) is 0.713. The normalized spacial score (nSPS) is 10.9. The Labute approximate surface area is 103 Å². The first-order chi connectivity index (χ1) is 8.27. The second-order valence-corrected chi connectivity index (χ2v) is 4.11. The highest BCUT2D eigenvalue weighted by molar-refractivity contribution is 6.33. The lowest BCUT2D eigenvalue weighted by Gasteiger charge is -2.05. The van der Waals surface area contributed by atoms with Crippen LogP contribution in [0.15, 0.2) is 48.7 Å². The minimum absolute atomic E-state index is 0.148. The fraction of sp³-hybridized carbons (Fsp3) is 0. The van der Waals surface area contributed by atoms with Gasteiger partial charge in [0.2, 0.25) is 0 Å². The molecule has 0 aliphatic carbocycles. The van der Waals surface area contributed by atoms with Gasteiger partial charge < -0.3 is 5.11 Å². The third-order valence-electron chi connectivity index (χ3n) is 2.65. The predicted molar refractivity (Wildman–Crippen MR) is 67.3 cm³/mol. The Kier molecular flexibility index (Phi) is 2.27. The molecule has 0 radical (unpaired) electrons. The highest BCUT2D eigenvalue weighted by atomic mass is 35.5. The van der Waals surface area contributed by atoms with Gasteiger partial charge in [0.25, 0.3) is 0 Å². The van der Waals surface area contributed by atoms with Gasteiger partial charge in [-0.05, 0) is 24.3 Å². The van der Waals surface area contributed by atoms with Crippen molar-refractivity contribution in [2.24, 2.45) is 0 Å². The first-order valence-corrected chi connectivity index (χ1v) is 5.55. The third kappa shape index (κ3) is 1.56. The van der Waals surface area contributed by atoms with Crippen LogP contribution in [0.25, 0.3) is 16.9 Å². The third-order valence-corrected chi connectivity index (χ3v) is 2.97. The smallest absolute Gasteiger partial charge is 0.197 e. The predicted octanol–water partition coefficient (Wildman–Crippen LogP) is 3.36. The van der Waals surface area contributed by atoms with Crippen molar-refractivity contribution >= 4 is 17.1 Å². The molecule has 1 N–H and O–H groups in total. The molecule has 1 aromatic carbocycles. The monoisotopic (exact) mass is 244 g/mol. The molecular weight excluding hydrogens is 236 g/mol. The number of halogens is 1. The van der Waals surface area contributed by atoms with Crippen molar-refractivity contribution in [2.45, 2.75) is 0 Å². The Balaban J connectivity index is 2.36. The van der Waals surface area contributed by atoms with Gasteiger partial charge in [-0.1, -0.05) is 29.8 Å². The molecule has 0 aliphatic rings. The number of nitrogens with zero attached hydrogens (tertiary/aromatic N) is 2. The first kappa shape index (κ1) is 10.2. The number of rotatable bonds is 1. The van der Waals surface area contributed by atoms with E-state index in [1.54, 1.807) is 28.8 Å². The topological polar surface area (TPSA) is 37.5 Å². The lowest BCUT2D eigenvalue weighted by Crippen LogP contribution is -1.90. The molecule has 0 saturated carbocycles. The van der Waals surface area contributed by atoms with E-state index < -0.39 is 0 Å². The number of fused-ring (bicyclic) bond motifs is 1. The maximum atomic E-state index is 9.87. The SMILES string of the molecule is Oc1cccc2cnc(-c3ccccc3Cl)n12. The maximum absolute atomic E-state index is 9.87. The van der Waals surface area contributed by atoms with Crippen molar-refractivity contribution in [3.05, 3.63) is 53.7 Å². The summed E-state index contributed by atoms with van der Waals surface area (Å²) in [5, 5.41) is 10.5. The van der Waals surface area contributed by atoms with Crippen LogP contribution in [-0.4, -0.2) is 14.5 Å². The van der Waals surface area contributed by atoms with Gasteiger partial charge in [0.1, 0.15) is 5.82 Å². The Morgan fingerprint density at radius 1 is 1.06 bits per heavy atom. The standard InChI is InChI=1S/C13H9ClN2O/c14-11-6-2-1-5-10(11)13-15-8-9-4-3-7-12(17)16(9)13/h1-8,17H. The van der Waals surface area contributed by atoms with Gasteiger partial charge in [-0.15, -0.1) is 0 Å². The largest absolute Gasteiger partial charge is 0.494 e. The molecular formula is C13H9ClN2O. The van der Waals surface area contributed by atoms with Gasteiger partial charge >= 0.3 is 0 Å². The zero-order chi connectivity index (χ0) is 11.8. The van der Waals surface area contributed by atoms with Gasteiger partial charge in [0.15, 0.2) is 5.88 Å². The van der Waals surface area contributed by atoms with Crippen molar-refractivity contribution in [1.82, 2.24) is 9.38 Å².